The second-order valence-corrected chi connectivity index (χ2v) is 8.03. The molecule has 6 nitrogen and oxygen atoms in total. The molecule has 2 amide bonds. The fourth-order valence-electron chi connectivity index (χ4n) is 4.45. The van der Waals surface area contributed by atoms with Crippen LogP contribution in [0.4, 0.5) is 0 Å². The van der Waals surface area contributed by atoms with Crippen molar-refractivity contribution in [1.29, 1.82) is 0 Å². The third-order valence-electron chi connectivity index (χ3n) is 6.38. The van der Waals surface area contributed by atoms with Crippen molar-refractivity contribution in [3.05, 3.63) is 23.8 Å². The average Bonchev–Trinajstić information content (AvgIpc) is 3.14. The standard InChI is InChI=1S/C21H28N2O4/c1-3-21(2,20(25)22-15-7-5-4-6-8-15)23-16(12-19(23)24)14-9-10-17-18(11-14)27-13-26-17/h9-11,15-16H,3-8,12-13H2,1-2H3,(H,22,25). The molecule has 6 heteroatoms. The Balaban J connectivity index is 1.54. The van der Waals surface area contributed by atoms with Gasteiger partial charge in [0.05, 0.1) is 12.5 Å². The van der Waals surface area contributed by atoms with Crippen LogP contribution in [0.3, 0.4) is 0 Å². The summed E-state index contributed by atoms with van der Waals surface area (Å²) in [7, 11) is 0. The zero-order chi connectivity index (χ0) is 19.0. The van der Waals surface area contributed by atoms with Crippen LogP contribution in [0.5, 0.6) is 11.5 Å². The van der Waals surface area contributed by atoms with Crippen molar-refractivity contribution in [1.82, 2.24) is 10.2 Å². The van der Waals surface area contributed by atoms with Crippen molar-refractivity contribution < 1.29 is 19.1 Å². The molecule has 0 aromatic heterocycles. The lowest BCUT2D eigenvalue weighted by atomic mass is 9.83. The van der Waals surface area contributed by atoms with Crippen LogP contribution in [0, 0.1) is 0 Å². The molecule has 2 aliphatic heterocycles. The molecule has 1 aromatic carbocycles. The fourth-order valence-corrected chi connectivity index (χ4v) is 4.45. The molecule has 1 saturated heterocycles. The summed E-state index contributed by atoms with van der Waals surface area (Å²) < 4.78 is 10.9. The van der Waals surface area contributed by atoms with Crippen molar-refractivity contribution in [3.8, 4) is 11.5 Å². The first-order valence-corrected chi connectivity index (χ1v) is 10.1. The zero-order valence-corrected chi connectivity index (χ0v) is 16.1. The Morgan fingerprint density at radius 2 is 1.96 bits per heavy atom. The van der Waals surface area contributed by atoms with Gasteiger partial charge in [-0.1, -0.05) is 32.3 Å². The lowest BCUT2D eigenvalue weighted by molar-refractivity contribution is -0.164. The molecule has 2 atom stereocenters. The Morgan fingerprint density at radius 3 is 2.67 bits per heavy atom. The van der Waals surface area contributed by atoms with Crippen LogP contribution < -0.4 is 14.8 Å². The molecular formula is C21H28N2O4. The molecule has 1 aromatic rings. The highest BCUT2D eigenvalue weighted by Gasteiger charge is 2.51. The molecule has 2 heterocycles. The molecule has 0 spiro atoms. The van der Waals surface area contributed by atoms with E-state index in [1.165, 1.54) is 6.42 Å². The van der Waals surface area contributed by atoms with E-state index in [0.29, 0.717) is 18.6 Å². The summed E-state index contributed by atoms with van der Waals surface area (Å²) >= 11 is 0. The molecule has 1 aliphatic carbocycles. The number of nitrogens with zero attached hydrogens (tertiary/aromatic N) is 1. The van der Waals surface area contributed by atoms with Gasteiger partial charge >= 0.3 is 0 Å². The lowest BCUT2D eigenvalue weighted by Gasteiger charge is -2.51. The normalized spacial score (nSPS) is 24.3. The number of fused-ring (bicyclic) bond motifs is 1. The van der Waals surface area contributed by atoms with E-state index in [0.717, 1.165) is 37.0 Å². The first kappa shape index (κ1) is 18.1. The monoisotopic (exact) mass is 372 g/mol. The van der Waals surface area contributed by atoms with Gasteiger partial charge in [-0.2, -0.15) is 0 Å². The van der Waals surface area contributed by atoms with Crippen LogP contribution in [0.25, 0.3) is 0 Å². The molecule has 0 bridgehead atoms. The SMILES string of the molecule is CCC(C)(C(=O)NC1CCCCC1)N1C(=O)CC1c1ccc2c(c1)OCO2. The zero-order valence-electron chi connectivity index (χ0n) is 16.1. The van der Waals surface area contributed by atoms with Gasteiger partial charge in [0.15, 0.2) is 11.5 Å². The summed E-state index contributed by atoms with van der Waals surface area (Å²) in [5, 5.41) is 3.22. The van der Waals surface area contributed by atoms with Gasteiger partial charge in [-0.05, 0) is 43.9 Å². The van der Waals surface area contributed by atoms with E-state index >= 15 is 0 Å². The third kappa shape index (κ3) is 3.15. The summed E-state index contributed by atoms with van der Waals surface area (Å²) in [5.74, 6) is 1.43. The molecule has 0 radical (unpaired) electrons. The van der Waals surface area contributed by atoms with Crippen LogP contribution >= 0.6 is 0 Å². The Morgan fingerprint density at radius 1 is 1.22 bits per heavy atom. The van der Waals surface area contributed by atoms with Crippen LogP contribution in [-0.2, 0) is 9.59 Å². The molecule has 3 aliphatic rings. The predicted octanol–water partition coefficient (Wildman–Crippen LogP) is 3.31. The van der Waals surface area contributed by atoms with E-state index in [9.17, 15) is 9.59 Å². The van der Waals surface area contributed by atoms with Gasteiger partial charge in [-0.25, -0.2) is 0 Å². The second kappa shape index (κ2) is 7.06. The minimum Gasteiger partial charge on any atom is -0.454 e. The number of ether oxygens (including phenoxy) is 2. The Labute approximate surface area is 160 Å². The van der Waals surface area contributed by atoms with Gasteiger partial charge in [0.25, 0.3) is 0 Å². The quantitative estimate of drug-likeness (QED) is 0.805. The predicted molar refractivity (Wildman–Crippen MR) is 100 cm³/mol. The van der Waals surface area contributed by atoms with Crippen LogP contribution in [-0.4, -0.2) is 35.1 Å². The van der Waals surface area contributed by atoms with E-state index < -0.39 is 5.54 Å². The van der Waals surface area contributed by atoms with E-state index in [1.807, 2.05) is 32.0 Å². The number of rotatable bonds is 5. The number of benzene rings is 1. The molecule has 146 valence electrons. The molecule has 27 heavy (non-hydrogen) atoms. The van der Waals surface area contributed by atoms with Crippen LogP contribution in [0.15, 0.2) is 18.2 Å². The second-order valence-electron chi connectivity index (χ2n) is 8.03. The van der Waals surface area contributed by atoms with Crippen molar-refractivity contribution >= 4 is 11.8 Å². The van der Waals surface area contributed by atoms with E-state index in [4.69, 9.17) is 9.47 Å². The first-order chi connectivity index (χ1) is 13.0. The molecule has 2 fully saturated rings. The summed E-state index contributed by atoms with van der Waals surface area (Å²) in [6.07, 6.45) is 6.64. The van der Waals surface area contributed by atoms with Gasteiger partial charge < -0.3 is 19.7 Å². The third-order valence-corrected chi connectivity index (χ3v) is 6.38. The Kier molecular flexibility index (Phi) is 4.74. The minimum absolute atomic E-state index is 0.0285. The first-order valence-electron chi connectivity index (χ1n) is 10.1. The Hall–Kier alpha value is -2.24. The number of likely N-dealkylation sites (tertiary alicyclic amines) is 1. The van der Waals surface area contributed by atoms with Crippen LogP contribution in [0.1, 0.15) is 70.4 Å². The van der Waals surface area contributed by atoms with Crippen molar-refractivity contribution in [2.75, 3.05) is 6.79 Å². The highest BCUT2D eigenvalue weighted by molar-refractivity contribution is 5.94. The van der Waals surface area contributed by atoms with E-state index in [2.05, 4.69) is 5.32 Å². The van der Waals surface area contributed by atoms with Crippen LogP contribution in [0.2, 0.25) is 0 Å². The van der Waals surface area contributed by atoms with Crippen molar-refractivity contribution in [2.24, 2.45) is 0 Å². The topological polar surface area (TPSA) is 67.9 Å². The number of hydrogen-bond donors (Lipinski definition) is 1. The molecule has 2 unspecified atom stereocenters. The number of amides is 2. The summed E-state index contributed by atoms with van der Waals surface area (Å²) in [6.45, 7) is 4.09. The summed E-state index contributed by atoms with van der Waals surface area (Å²) in [6, 6.07) is 5.91. The molecule has 1 saturated carbocycles. The van der Waals surface area contributed by atoms with Gasteiger partial charge in [0.2, 0.25) is 18.6 Å². The van der Waals surface area contributed by atoms with Gasteiger partial charge in [-0.3, -0.25) is 9.59 Å². The van der Waals surface area contributed by atoms with E-state index in [1.54, 1.807) is 4.90 Å². The smallest absolute Gasteiger partial charge is 0.245 e. The minimum atomic E-state index is -0.839. The largest absolute Gasteiger partial charge is 0.454 e. The van der Waals surface area contributed by atoms with Gasteiger partial charge in [0.1, 0.15) is 5.54 Å². The van der Waals surface area contributed by atoms with Gasteiger partial charge in [0, 0.05) is 6.04 Å². The summed E-state index contributed by atoms with van der Waals surface area (Å²) in [4.78, 5) is 27.5. The van der Waals surface area contributed by atoms with Crippen molar-refractivity contribution in [2.45, 2.75) is 76.4 Å². The number of β-lactam (4-membered cyclic amide) rings is 1. The fraction of sp³-hybridized carbons (Fsp3) is 0.619. The van der Waals surface area contributed by atoms with Crippen molar-refractivity contribution in [3.63, 3.8) is 0 Å². The number of hydrogen-bond acceptors (Lipinski definition) is 4. The highest BCUT2D eigenvalue weighted by Crippen LogP contribution is 2.44. The number of nitrogens with one attached hydrogen (secondary N) is 1. The maximum atomic E-state index is 13.2. The molecular weight excluding hydrogens is 344 g/mol. The highest BCUT2D eigenvalue weighted by atomic mass is 16.7. The maximum absolute atomic E-state index is 13.2. The number of carbonyl (C=O) groups is 2. The maximum Gasteiger partial charge on any atom is 0.245 e. The lowest BCUT2D eigenvalue weighted by Crippen LogP contribution is -2.65. The average molecular weight is 372 g/mol. The molecule has 4 rings (SSSR count). The molecule has 1 N–H and O–H groups in total. The Bertz CT molecular complexity index is 744. The van der Waals surface area contributed by atoms with Gasteiger partial charge in [-0.15, -0.1) is 0 Å². The number of carbonyl (C=O) groups excluding carboxylic acids is 2. The summed E-state index contributed by atoms with van der Waals surface area (Å²) in [5.41, 5.74) is 0.150. The van der Waals surface area contributed by atoms with E-state index in [-0.39, 0.29) is 30.7 Å².